The maximum absolute atomic E-state index is 6.55. The first kappa shape index (κ1) is 27.5. The van der Waals surface area contributed by atoms with Crippen LogP contribution in [0.2, 0.25) is 0 Å². The van der Waals surface area contributed by atoms with Gasteiger partial charge in [0, 0.05) is 38.7 Å². The first-order valence-electron chi connectivity index (χ1n) is 16.3. The number of benzene rings is 7. The number of nitrogens with zero attached hydrogens (tertiary/aromatic N) is 1. The smallest absolute Gasteiger partial charge is 0.143 e. The molecule has 0 radical (unpaired) electrons. The van der Waals surface area contributed by atoms with Crippen LogP contribution in [0.15, 0.2) is 168 Å². The second-order valence-electron chi connectivity index (χ2n) is 12.9. The van der Waals surface area contributed by atoms with Crippen molar-refractivity contribution in [2.75, 3.05) is 4.90 Å². The predicted octanol–water partition coefficient (Wildman–Crippen LogP) is 12.7. The van der Waals surface area contributed by atoms with Crippen molar-refractivity contribution >= 4 is 39.0 Å². The lowest BCUT2D eigenvalue weighted by Crippen LogP contribution is -2.15. The molecule has 1 aromatic heterocycles. The number of fused-ring (bicyclic) bond motifs is 6. The number of hydrogen-bond acceptors (Lipinski definition) is 2. The molecule has 9 rings (SSSR count). The molecule has 1 aliphatic carbocycles. The van der Waals surface area contributed by atoms with Gasteiger partial charge >= 0.3 is 0 Å². The molecule has 2 heteroatoms. The van der Waals surface area contributed by atoms with Gasteiger partial charge in [-0.05, 0) is 69.8 Å². The molecular weight excluding hydrogens is 571 g/mol. The van der Waals surface area contributed by atoms with E-state index >= 15 is 0 Å². The van der Waals surface area contributed by atoms with Gasteiger partial charge in [0.2, 0.25) is 0 Å². The summed E-state index contributed by atoms with van der Waals surface area (Å²) in [6.45, 7) is 4.67. The summed E-state index contributed by atoms with van der Waals surface area (Å²) in [4.78, 5) is 2.40. The van der Waals surface area contributed by atoms with Crippen molar-refractivity contribution < 1.29 is 4.42 Å². The van der Waals surface area contributed by atoms with Crippen molar-refractivity contribution in [1.29, 1.82) is 0 Å². The first-order valence-corrected chi connectivity index (χ1v) is 16.3. The summed E-state index contributed by atoms with van der Waals surface area (Å²) in [6, 6.07) is 58.9. The largest absolute Gasteiger partial charge is 0.455 e. The highest BCUT2D eigenvalue weighted by molar-refractivity contribution is 6.10. The fraction of sp³-hybridized carbons (Fsp3) is 0.0667. The molecule has 0 spiro atoms. The number of hydrogen-bond donors (Lipinski definition) is 0. The average Bonchev–Trinajstić information content (AvgIpc) is 3.62. The fourth-order valence-electron chi connectivity index (χ4n) is 7.56. The quantitative estimate of drug-likeness (QED) is 0.195. The molecule has 1 aliphatic rings. The summed E-state index contributed by atoms with van der Waals surface area (Å²) >= 11 is 0. The Balaban J connectivity index is 1.27. The van der Waals surface area contributed by atoms with Crippen molar-refractivity contribution in [2.24, 2.45) is 0 Å². The molecule has 1 heterocycles. The van der Waals surface area contributed by atoms with E-state index in [2.05, 4.69) is 176 Å². The molecule has 0 bridgehead atoms. The fourth-order valence-corrected chi connectivity index (χ4v) is 7.56. The maximum atomic E-state index is 6.55. The first-order chi connectivity index (χ1) is 23.1. The minimum atomic E-state index is -0.0541. The maximum Gasteiger partial charge on any atom is 0.143 e. The molecule has 224 valence electrons. The number of furan rings is 1. The highest BCUT2D eigenvalue weighted by Crippen LogP contribution is 2.51. The molecule has 2 nitrogen and oxygen atoms in total. The van der Waals surface area contributed by atoms with Gasteiger partial charge in [0.1, 0.15) is 11.2 Å². The van der Waals surface area contributed by atoms with Gasteiger partial charge in [-0.1, -0.05) is 141 Å². The zero-order chi connectivity index (χ0) is 31.5. The number of rotatable bonds is 5. The Bertz CT molecular complexity index is 2430. The predicted molar refractivity (Wildman–Crippen MR) is 197 cm³/mol. The van der Waals surface area contributed by atoms with E-state index in [1.54, 1.807) is 0 Å². The van der Waals surface area contributed by atoms with E-state index in [0.29, 0.717) is 0 Å². The molecule has 0 atom stereocenters. The summed E-state index contributed by atoms with van der Waals surface area (Å²) in [5.74, 6) is 0. The second kappa shape index (κ2) is 10.6. The van der Waals surface area contributed by atoms with Crippen LogP contribution in [0, 0.1) is 0 Å². The van der Waals surface area contributed by atoms with Crippen LogP contribution < -0.4 is 4.90 Å². The summed E-state index contributed by atoms with van der Waals surface area (Å²) in [7, 11) is 0. The average molecular weight is 604 g/mol. The highest BCUT2D eigenvalue weighted by atomic mass is 16.3. The summed E-state index contributed by atoms with van der Waals surface area (Å²) in [6.07, 6.45) is 0. The van der Waals surface area contributed by atoms with Gasteiger partial charge in [0.25, 0.3) is 0 Å². The Kier molecular flexibility index (Phi) is 6.20. The normalized spacial score (nSPS) is 13.1. The van der Waals surface area contributed by atoms with Gasteiger partial charge in [-0.25, -0.2) is 0 Å². The number of para-hydroxylation sites is 3. The van der Waals surface area contributed by atoms with E-state index in [9.17, 15) is 0 Å². The second-order valence-corrected chi connectivity index (χ2v) is 12.9. The lowest BCUT2D eigenvalue weighted by Gasteiger charge is -2.29. The van der Waals surface area contributed by atoms with Crippen molar-refractivity contribution in [2.45, 2.75) is 19.3 Å². The molecule has 0 saturated carbocycles. The minimum absolute atomic E-state index is 0.0541. The molecule has 8 aromatic rings. The van der Waals surface area contributed by atoms with Crippen LogP contribution in [-0.4, -0.2) is 0 Å². The molecule has 47 heavy (non-hydrogen) atoms. The van der Waals surface area contributed by atoms with Crippen LogP contribution in [0.25, 0.3) is 55.3 Å². The molecule has 0 amide bonds. The molecule has 0 N–H and O–H groups in total. The van der Waals surface area contributed by atoms with Crippen LogP contribution >= 0.6 is 0 Å². The van der Waals surface area contributed by atoms with E-state index in [4.69, 9.17) is 4.42 Å². The van der Waals surface area contributed by atoms with Gasteiger partial charge < -0.3 is 9.32 Å². The Morgan fingerprint density at radius 3 is 1.91 bits per heavy atom. The van der Waals surface area contributed by atoms with Crippen molar-refractivity contribution in [3.8, 4) is 33.4 Å². The Labute approximate surface area is 275 Å². The summed E-state index contributed by atoms with van der Waals surface area (Å²) < 4.78 is 6.55. The SMILES string of the molecule is CC1(C)c2ccccc2-c2cc(N(c3ccc(-c4ccccc4)cc3)c3ccccc3-c3cccc4c3oc3ccccc34)ccc21. The van der Waals surface area contributed by atoms with Crippen molar-refractivity contribution in [3.63, 3.8) is 0 Å². The van der Waals surface area contributed by atoms with Crippen LogP contribution in [-0.2, 0) is 5.41 Å². The molecule has 0 fully saturated rings. The van der Waals surface area contributed by atoms with Crippen LogP contribution in [0.5, 0.6) is 0 Å². The monoisotopic (exact) mass is 603 g/mol. The van der Waals surface area contributed by atoms with E-state index in [-0.39, 0.29) is 5.41 Å². The Hall–Kier alpha value is -5.86. The third kappa shape index (κ3) is 4.33. The third-order valence-corrected chi connectivity index (χ3v) is 9.90. The zero-order valence-electron chi connectivity index (χ0n) is 26.4. The van der Waals surface area contributed by atoms with Gasteiger partial charge in [-0.2, -0.15) is 0 Å². The van der Waals surface area contributed by atoms with Gasteiger partial charge in [0.05, 0.1) is 5.69 Å². The van der Waals surface area contributed by atoms with E-state index in [1.807, 2.05) is 6.07 Å². The van der Waals surface area contributed by atoms with Crippen LogP contribution in [0.4, 0.5) is 17.1 Å². The summed E-state index contributed by atoms with van der Waals surface area (Å²) in [5, 5.41) is 2.26. The van der Waals surface area contributed by atoms with Crippen LogP contribution in [0.3, 0.4) is 0 Å². The van der Waals surface area contributed by atoms with Gasteiger partial charge in [0.15, 0.2) is 0 Å². The topological polar surface area (TPSA) is 16.4 Å². The van der Waals surface area contributed by atoms with Gasteiger partial charge in [-0.3, -0.25) is 0 Å². The standard InChI is InChI=1S/C45H33NO/c1-45(2)40-20-9-6-15-34(40)39-29-33(27-28-41(39)45)46(32-25-23-31(24-26-32)30-13-4-3-5-14-30)42-21-10-7-16-35(42)37-18-12-19-38-36-17-8-11-22-43(36)47-44(37)38/h3-29H,1-2H3. The summed E-state index contributed by atoms with van der Waals surface area (Å²) in [5.41, 5.74) is 15.0. The lowest BCUT2D eigenvalue weighted by atomic mass is 9.82. The molecule has 7 aromatic carbocycles. The van der Waals surface area contributed by atoms with E-state index in [1.165, 1.54) is 33.4 Å². The Morgan fingerprint density at radius 1 is 0.447 bits per heavy atom. The Morgan fingerprint density at radius 2 is 1.06 bits per heavy atom. The van der Waals surface area contributed by atoms with Crippen LogP contribution in [0.1, 0.15) is 25.0 Å². The van der Waals surface area contributed by atoms with Crippen molar-refractivity contribution in [3.05, 3.63) is 175 Å². The van der Waals surface area contributed by atoms with E-state index < -0.39 is 0 Å². The zero-order valence-corrected chi connectivity index (χ0v) is 26.4. The molecular formula is C45H33NO. The minimum Gasteiger partial charge on any atom is -0.455 e. The highest BCUT2D eigenvalue weighted by Gasteiger charge is 2.35. The third-order valence-electron chi connectivity index (χ3n) is 9.90. The molecule has 0 aliphatic heterocycles. The number of anilines is 3. The van der Waals surface area contributed by atoms with E-state index in [0.717, 1.165) is 50.1 Å². The van der Waals surface area contributed by atoms with Gasteiger partial charge in [-0.15, -0.1) is 0 Å². The molecule has 0 saturated heterocycles. The van der Waals surface area contributed by atoms with Crippen molar-refractivity contribution in [1.82, 2.24) is 0 Å². The molecule has 0 unspecified atom stereocenters. The lowest BCUT2D eigenvalue weighted by molar-refractivity contribution is 0.660.